The third kappa shape index (κ3) is 7.43. The first kappa shape index (κ1) is 18.9. The van der Waals surface area contributed by atoms with Crippen molar-refractivity contribution < 1.29 is 19.5 Å². The molecule has 0 radical (unpaired) electrons. The van der Waals surface area contributed by atoms with Gasteiger partial charge in [0.25, 0.3) is 0 Å². The first-order chi connectivity index (χ1) is 7.97. The molecule has 2 aromatic heterocycles. The van der Waals surface area contributed by atoms with Gasteiger partial charge in [-0.25, -0.2) is 0 Å². The molecular weight excluding hydrogens is 308 g/mol. The van der Waals surface area contributed by atoms with Gasteiger partial charge in [-0.15, -0.1) is 0 Å². The van der Waals surface area contributed by atoms with E-state index in [0.717, 1.165) is 11.4 Å². The van der Waals surface area contributed by atoms with Crippen LogP contribution >= 0.6 is 23.2 Å². The van der Waals surface area contributed by atoms with Crippen molar-refractivity contribution in [2.45, 2.75) is 0 Å². The summed E-state index contributed by atoms with van der Waals surface area (Å²) in [5, 5.41) is 0. The molecule has 2 heterocycles. The van der Waals surface area contributed by atoms with Crippen molar-refractivity contribution in [3.8, 4) is 11.4 Å². The number of halogens is 2. The minimum Gasteiger partial charge on any atom is -0.352 e. The van der Waals surface area contributed by atoms with Crippen molar-refractivity contribution in [1.29, 1.82) is 0 Å². The van der Waals surface area contributed by atoms with Crippen LogP contribution < -0.4 is 0 Å². The Labute approximate surface area is 125 Å². The molecule has 0 saturated heterocycles. The Morgan fingerprint density at radius 3 is 1.29 bits per heavy atom. The van der Waals surface area contributed by atoms with Gasteiger partial charge >= 0.3 is 19.5 Å². The van der Waals surface area contributed by atoms with Crippen LogP contribution in [0.1, 0.15) is 0 Å². The molecule has 2 aromatic rings. The molecule has 0 amide bonds. The number of hydrogen-bond acceptors (Lipinski definition) is 2. The van der Waals surface area contributed by atoms with E-state index in [1.165, 1.54) is 0 Å². The molecule has 0 unspecified atom stereocenters. The van der Waals surface area contributed by atoms with E-state index in [4.69, 9.17) is 0 Å². The molecule has 0 spiro atoms. The zero-order valence-electron chi connectivity index (χ0n) is 9.39. The topological polar surface area (TPSA) is 25.8 Å². The Morgan fingerprint density at radius 2 is 1.06 bits per heavy atom. The second-order valence-electron chi connectivity index (χ2n) is 2.43. The number of rotatable bonds is 1. The van der Waals surface area contributed by atoms with Gasteiger partial charge in [-0.1, -0.05) is 12.1 Å². The predicted octanol–water partition coefficient (Wildman–Crippen LogP) is 4.17. The monoisotopic (exact) mass is 318 g/mol. The Balaban J connectivity index is 0. The average molecular weight is 321 g/mol. The molecular formula is C12H12Cl2N2Zn. The molecule has 86 valence electrons. The third-order valence-electron chi connectivity index (χ3n) is 1.59. The van der Waals surface area contributed by atoms with Gasteiger partial charge < -0.3 is 23.2 Å². The summed E-state index contributed by atoms with van der Waals surface area (Å²) >= 11 is 8.78. The van der Waals surface area contributed by atoms with Crippen molar-refractivity contribution in [3.05, 3.63) is 61.6 Å². The molecule has 0 aliphatic carbocycles. The quantitative estimate of drug-likeness (QED) is 0.582. The maximum Gasteiger partial charge on any atom is 2.00 e. The van der Waals surface area contributed by atoms with E-state index in [-0.39, 0.29) is 19.5 Å². The standard InChI is InChI=1S/C10H8N2.2CH2Cl.Zn/c1-3-7-11-9(5-1)10-6-2-4-8-12-10;2*1-2;/h1-8H;2*1H2;/q;2*-1;+2. The van der Waals surface area contributed by atoms with Crippen LogP contribution in [0.4, 0.5) is 0 Å². The smallest absolute Gasteiger partial charge is 0.352 e. The number of nitrogens with zero attached hydrogens (tertiary/aromatic N) is 2. The molecule has 0 bridgehead atoms. The van der Waals surface area contributed by atoms with Crippen LogP contribution in [0.3, 0.4) is 0 Å². The second-order valence-corrected chi connectivity index (χ2v) is 2.43. The van der Waals surface area contributed by atoms with Gasteiger partial charge in [-0.2, -0.15) is 0 Å². The Morgan fingerprint density at radius 1 is 0.706 bits per heavy atom. The number of hydrogen-bond donors (Lipinski definition) is 0. The summed E-state index contributed by atoms with van der Waals surface area (Å²) in [7, 11) is 0. The Bertz CT molecular complexity index is 320. The van der Waals surface area contributed by atoms with Gasteiger partial charge in [-0.05, 0) is 24.3 Å². The zero-order chi connectivity index (χ0) is 12.2. The third-order valence-corrected chi connectivity index (χ3v) is 1.59. The van der Waals surface area contributed by atoms with Gasteiger partial charge in [0.1, 0.15) is 0 Å². The summed E-state index contributed by atoms with van der Waals surface area (Å²) in [6.45, 7) is 0. The Hall–Kier alpha value is -0.497. The van der Waals surface area contributed by atoms with Crippen LogP contribution in [0.25, 0.3) is 11.4 Å². The minimum atomic E-state index is 0. The molecule has 0 aliphatic rings. The van der Waals surface area contributed by atoms with E-state index in [1.54, 1.807) is 12.4 Å². The summed E-state index contributed by atoms with van der Waals surface area (Å²) in [6.07, 6.45) is 8.98. The fourth-order valence-electron chi connectivity index (χ4n) is 1.03. The molecule has 0 aromatic carbocycles. The van der Waals surface area contributed by atoms with Gasteiger partial charge in [0.15, 0.2) is 0 Å². The van der Waals surface area contributed by atoms with E-state index in [2.05, 4.69) is 45.9 Å². The van der Waals surface area contributed by atoms with Crippen molar-refractivity contribution in [1.82, 2.24) is 9.97 Å². The van der Waals surface area contributed by atoms with Gasteiger partial charge in [0, 0.05) is 12.4 Å². The average Bonchev–Trinajstić information content (AvgIpc) is 2.45. The maximum atomic E-state index is 4.39. The largest absolute Gasteiger partial charge is 2.00 e. The van der Waals surface area contributed by atoms with Crippen LogP contribution in [0.15, 0.2) is 48.8 Å². The molecule has 0 atom stereocenters. The summed E-state index contributed by atoms with van der Waals surface area (Å²) in [5.74, 6) is 0. The van der Waals surface area contributed by atoms with Crippen LogP contribution in [-0.2, 0) is 19.5 Å². The van der Waals surface area contributed by atoms with Crippen LogP contribution in [0, 0.1) is 12.8 Å². The second kappa shape index (κ2) is 13.6. The predicted molar refractivity (Wildman–Crippen MR) is 69.9 cm³/mol. The van der Waals surface area contributed by atoms with Gasteiger partial charge in [0.05, 0.1) is 11.4 Å². The summed E-state index contributed by atoms with van der Waals surface area (Å²) in [4.78, 5) is 8.37. The molecule has 0 fully saturated rings. The number of pyridine rings is 2. The van der Waals surface area contributed by atoms with Crippen LogP contribution in [0.2, 0.25) is 0 Å². The normalized spacial score (nSPS) is 7.53. The Kier molecular flexibility index (Phi) is 15.1. The molecule has 0 N–H and O–H groups in total. The van der Waals surface area contributed by atoms with E-state index in [9.17, 15) is 0 Å². The summed E-state index contributed by atoms with van der Waals surface area (Å²) in [5.41, 5.74) is 1.83. The van der Waals surface area contributed by atoms with E-state index >= 15 is 0 Å². The molecule has 0 saturated carbocycles. The first-order valence-corrected chi connectivity index (χ1v) is 5.39. The van der Waals surface area contributed by atoms with Crippen molar-refractivity contribution >= 4 is 23.2 Å². The molecule has 17 heavy (non-hydrogen) atoms. The van der Waals surface area contributed by atoms with E-state index in [1.807, 2.05) is 36.4 Å². The number of aromatic nitrogens is 2. The molecule has 2 nitrogen and oxygen atoms in total. The van der Waals surface area contributed by atoms with E-state index < -0.39 is 0 Å². The maximum absolute atomic E-state index is 4.39. The first-order valence-electron chi connectivity index (χ1n) is 4.33. The van der Waals surface area contributed by atoms with Gasteiger partial charge in [-0.3, -0.25) is 22.7 Å². The molecule has 2 rings (SSSR count). The van der Waals surface area contributed by atoms with Crippen LogP contribution in [0.5, 0.6) is 0 Å². The SMILES string of the molecule is [CH2-]Cl.[CH2-]Cl.[Zn+2].c1ccc(-c2ccccn2)nc1. The van der Waals surface area contributed by atoms with E-state index in [0.29, 0.717) is 0 Å². The van der Waals surface area contributed by atoms with Crippen molar-refractivity contribution in [2.24, 2.45) is 0 Å². The van der Waals surface area contributed by atoms with Crippen molar-refractivity contribution in [3.63, 3.8) is 0 Å². The summed E-state index contributed by atoms with van der Waals surface area (Å²) < 4.78 is 0. The minimum absolute atomic E-state index is 0. The summed E-state index contributed by atoms with van der Waals surface area (Å²) in [6, 6.07) is 11.6. The van der Waals surface area contributed by atoms with Crippen molar-refractivity contribution in [2.75, 3.05) is 0 Å². The fraction of sp³-hybridized carbons (Fsp3) is 0. The molecule has 5 heteroatoms. The molecule has 0 aliphatic heterocycles. The zero-order valence-corrected chi connectivity index (χ0v) is 13.9. The fourth-order valence-corrected chi connectivity index (χ4v) is 1.03. The van der Waals surface area contributed by atoms with Crippen LogP contribution in [-0.4, -0.2) is 9.97 Å². The van der Waals surface area contributed by atoms with Gasteiger partial charge in [0.2, 0.25) is 0 Å².